The lowest BCUT2D eigenvalue weighted by Gasteiger charge is -2.21. The van der Waals surface area contributed by atoms with Crippen LogP contribution in [0.3, 0.4) is 0 Å². The maximum Gasteiger partial charge on any atom is 0.0440 e. The number of thioether (sulfide) groups is 1. The summed E-state index contributed by atoms with van der Waals surface area (Å²) >= 11 is 1.85. The molecule has 4 heteroatoms. The van der Waals surface area contributed by atoms with Crippen LogP contribution in [0.4, 0.5) is 5.69 Å². The van der Waals surface area contributed by atoms with Crippen molar-refractivity contribution in [2.75, 3.05) is 30.5 Å². The van der Waals surface area contributed by atoms with Crippen LogP contribution < -0.4 is 10.6 Å². The third kappa shape index (κ3) is 2.89. The SMILES string of the molecule is CSCCN(C)c1ccncc1CN. The van der Waals surface area contributed by atoms with Crippen molar-refractivity contribution in [3.05, 3.63) is 24.0 Å². The maximum atomic E-state index is 5.65. The standard InChI is InChI=1S/C10H17N3S/c1-13(5-6-14-2)10-3-4-12-8-9(10)7-11/h3-4,8H,5-7,11H2,1-2H3. The quantitative estimate of drug-likeness (QED) is 0.798. The first kappa shape index (κ1) is 11.3. The van der Waals surface area contributed by atoms with E-state index in [1.54, 1.807) is 0 Å². The van der Waals surface area contributed by atoms with Crippen LogP contribution >= 0.6 is 11.8 Å². The van der Waals surface area contributed by atoms with Gasteiger partial charge in [0.2, 0.25) is 0 Å². The molecule has 0 saturated heterocycles. The van der Waals surface area contributed by atoms with Crippen LogP contribution in [-0.4, -0.2) is 30.6 Å². The van der Waals surface area contributed by atoms with Crippen molar-refractivity contribution in [1.29, 1.82) is 0 Å². The van der Waals surface area contributed by atoms with Crippen molar-refractivity contribution < 1.29 is 0 Å². The zero-order valence-corrected chi connectivity index (χ0v) is 9.55. The second-order valence-corrected chi connectivity index (χ2v) is 4.11. The molecule has 78 valence electrons. The van der Waals surface area contributed by atoms with Gasteiger partial charge in [-0.1, -0.05) is 0 Å². The first-order chi connectivity index (χ1) is 6.79. The van der Waals surface area contributed by atoms with Crippen LogP contribution in [0.25, 0.3) is 0 Å². The first-order valence-electron chi connectivity index (χ1n) is 4.62. The van der Waals surface area contributed by atoms with Crippen LogP contribution in [-0.2, 0) is 6.54 Å². The summed E-state index contributed by atoms with van der Waals surface area (Å²) in [5.74, 6) is 1.13. The molecule has 0 aliphatic rings. The predicted molar refractivity (Wildman–Crippen MR) is 63.8 cm³/mol. The molecule has 14 heavy (non-hydrogen) atoms. The van der Waals surface area contributed by atoms with Gasteiger partial charge in [0, 0.05) is 49.5 Å². The van der Waals surface area contributed by atoms with Gasteiger partial charge in [-0.05, 0) is 12.3 Å². The van der Waals surface area contributed by atoms with Gasteiger partial charge in [-0.25, -0.2) is 0 Å². The lowest BCUT2D eigenvalue weighted by molar-refractivity contribution is 0.940. The van der Waals surface area contributed by atoms with Crippen molar-refractivity contribution in [2.24, 2.45) is 5.73 Å². The molecular formula is C10H17N3S. The van der Waals surface area contributed by atoms with Gasteiger partial charge in [0.25, 0.3) is 0 Å². The number of hydrogen-bond acceptors (Lipinski definition) is 4. The normalized spacial score (nSPS) is 10.2. The number of nitrogens with two attached hydrogens (primary N) is 1. The summed E-state index contributed by atoms with van der Waals surface area (Å²) < 4.78 is 0. The minimum absolute atomic E-state index is 0.548. The molecule has 1 aromatic rings. The lowest BCUT2D eigenvalue weighted by atomic mass is 10.2. The Morgan fingerprint density at radius 2 is 2.36 bits per heavy atom. The molecule has 0 fully saturated rings. The van der Waals surface area contributed by atoms with Crippen molar-refractivity contribution in [1.82, 2.24) is 4.98 Å². The van der Waals surface area contributed by atoms with Gasteiger partial charge >= 0.3 is 0 Å². The Kier molecular flexibility index (Phi) is 4.76. The highest BCUT2D eigenvalue weighted by atomic mass is 32.2. The molecule has 0 aliphatic heterocycles. The number of hydrogen-bond donors (Lipinski definition) is 1. The van der Waals surface area contributed by atoms with E-state index in [1.807, 2.05) is 30.2 Å². The Balaban J connectivity index is 2.72. The van der Waals surface area contributed by atoms with E-state index >= 15 is 0 Å². The van der Waals surface area contributed by atoms with Crippen molar-refractivity contribution >= 4 is 17.4 Å². The Morgan fingerprint density at radius 3 is 3.00 bits per heavy atom. The second kappa shape index (κ2) is 5.88. The highest BCUT2D eigenvalue weighted by Gasteiger charge is 2.04. The van der Waals surface area contributed by atoms with Crippen molar-refractivity contribution in [3.63, 3.8) is 0 Å². The molecule has 1 aromatic heterocycles. The fourth-order valence-electron chi connectivity index (χ4n) is 1.30. The number of pyridine rings is 1. The minimum Gasteiger partial charge on any atom is -0.373 e. The Hall–Kier alpha value is -0.740. The van der Waals surface area contributed by atoms with Gasteiger partial charge in [0.05, 0.1) is 0 Å². The average molecular weight is 211 g/mol. The molecule has 1 rings (SSSR count). The van der Waals surface area contributed by atoms with Crippen LogP contribution in [0.5, 0.6) is 0 Å². The molecular weight excluding hydrogens is 194 g/mol. The van der Waals surface area contributed by atoms with E-state index in [-0.39, 0.29) is 0 Å². The van der Waals surface area contributed by atoms with E-state index in [1.165, 1.54) is 5.69 Å². The molecule has 0 aromatic carbocycles. The third-order valence-electron chi connectivity index (χ3n) is 2.14. The Morgan fingerprint density at radius 1 is 1.57 bits per heavy atom. The summed E-state index contributed by atoms with van der Waals surface area (Å²) in [5, 5.41) is 0. The number of aromatic nitrogens is 1. The Labute approximate surface area is 89.7 Å². The fourth-order valence-corrected chi connectivity index (χ4v) is 1.75. The van der Waals surface area contributed by atoms with E-state index in [9.17, 15) is 0 Å². The smallest absolute Gasteiger partial charge is 0.0440 e. The fraction of sp³-hybridized carbons (Fsp3) is 0.500. The van der Waals surface area contributed by atoms with E-state index in [4.69, 9.17) is 5.73 Å². The van der Waals surface area contributed by atoms with Crippen LogP contribution in [0.1, 0.15) is 5.56 Å². The number of rotatable bonds is 5. The van der Waals surface area contributed by atoms with Gasteiger partial charge in [-0.2, -0.15) is 11.8 Å². The molecule has 0 spiro atoms. The molecule has 0 bridgehead atoms. The average Bonchev–Trinajstić information content (AvgIpc) is 2.25. The van der Waals surface area contributed by atoms with Crippen molar-refractivity contribution in [2.45, 2.75) is 6.54 Å². The molecule has 0 atom stereocenters. The predicted octanol–water partition coefficient (Wildman–Crippen LogP) is 1.34. The van der Waals surface area contributed by atoms with Gasteiger partial charge in [-0.3, -0.25) is 4.98 Å². The zero-order chi connectivity index (χ0) is 10.4. The summed E-state index contributed by atoms with van der Waals surface area (Å²) in [6, 6.07) is 2.02. The molecule has 0 radical (unpaired) electrons. The van der Waals surface area contributed by atoms with E-state index in [2.05, 4.69) is 23.2 Å². The second-order valence-electron chi connectivity index (χ2n) is 3.12. The molecule has 0 saturated carbocycles. The number of nitrogens with zero attached hydrogens (tertiary/aromatic N) is 2. The highest BCUT2D eigenvalue weighted by Crippen LogP contribution is 2.17. The third-order valence-corrected chi connectivity index (χ3v) is 2.73. The number of anilines is 1. The maximum absolute atomic E-state index is 5.65. The highest BCUT2D eigenvalue weighted by molar-refractivity contribution is 7.98. The topological polar surface area (TPSA) is 42.2 Å². The van der Waals surface area contributed by atoms with E-state index < -0.39 is 0 Å². The molecule has 3 nitrogen and oxygen atoms in total. The molecule has 1 heterocycles. The molecule has 0 aliphatic carbocycles. The van der Waals surface area contributed by atoms with E-state index in [0.717, 1.165) is 17.9 Å². The van der Waals surface area contributed by atoms with Gasteiger partial charge in [0.15, 0.2) is 0 Å². The van der Waals surface area contributed by atoms with Crippen LogP contribution in [0.2, 0.25) is 0 Å². The lowest BCUT2D eigenvalue weighted by Crippen LogP contribution is -2.22. The molecule has 0 amide bonds. The minimum atomic E-state index is 0.548. The summed E-state index contributed by atoms with van der Waals surface area (Å²) in [6.45, 7) is 1.59. The Bertz CT molecular complexity index is 278. The van der Waals surface area contributed by atoms with Crippen LogP contribution in [0.15, 0.2) is 18.5 Å². The van der Waals surface area contributed by atoms with Crippen LogP contribution in [0, 0.1) is 0 Å². The summed E-state index contributed by atoms with van der Waals surface area (Å²) in [7, 11) is 2.09. The first-order valence-corrected chi connectivity index (χ1v) is 6.02. The van der Waals surface area contributed by atoms with E-state index in [0.29, 0.717) is 6.54 Å². The zero-order valence-electron chi connectivity index (χ0n) is 8.73. The van der Waals surface area contributed by atoms with Gasteiger partial charge in [0.1, 0.15) is 0 Å². The monoisotopic (exact) mass is 211 g/mol. The van der Waals surface area contributed by atoms with Gasteiger partial charge in [-0.15, -0.1) is 0 Å². The summed E-state index contributed by atoms with van der Waals surface area (Å²) in [5.41, 5.74) is 7.94. The summed E-state index contributed by atoms with van der Waals surface area (Å²) in [4.78, 5) is 6.29. The molecule has 2 N–H and O–H groups in total. The van der Waals surface area contributed by atoms with Gasteiger partial charge < -0.3 is 10.6 Å². The van der Waals surface area contributed by atoms with Crippen molar-refractivity contribution in [3.8, 4) is 0 Å². The summed E-state index contributed by atoms with van der Waals surface area (Å²) in [6.07, 6.45) is 5.76. The largest absolute Gasteiger partial charge is 0.373 e. The molecule has 0 unspecified atom stereocenters.